The summed E-state index contributed by atoms with van der Waals surface area (Å²) in [5, 5.41) is 2.95. The van der Waals surface area contributed by atoms with Crippen LogP contribution >= 0.6 is 26.8 Å². The van der Waals surface area contributed by atoms with Crippen molar-refractivity contribution in [3.05, 3.63) is 60.7 Å². The standard InChI is InChI=1S/C14H15P.2ClH.Pt/c1-2-15(13-9-5-3-6-10-13)14-11-7-4-8-12-14;;;/h3-12H,2H2,1H3;2*1H;/q;;;+2/p-2. The Balaban J connectivity index is 0.000000492. The van der Waals surface area contributed by atoms with Crippen molar-refractivity contribution in [1.29, 1.82) is 0 Å². The third kappa shape index (κ3) is 5.41. The first kappa shape index (κ1) is 16.2. The van der Waals surface area contributed by atoms with Gasteiger partial charge in [0.1, 0.15) is 0 Å². The molecule has 0 N–H and O–H groups in total. The molecule has 2 aromatic carbocycles. The topological polar surface area (TPSA) is 0 Å². The van der Waals surface area contributed by atoms with E-state index in [2.05, 4.69) is 67.6 Å². The van der Waals surface area contributed by atoms with Crippen LogP contribution in [0.3, 0.4) is 0 Å². The Morgan fingerprint density at radius 3 is 1.44 bits per heavy atom. The maximum absolute atomic E-state index is 4.88. The van der Waals surface area contributed by atoms with E-state index in [1.54, 1.807) is 0 Å². The van der Waals surface area contributed by atoms with E-state index in [-0.39, 0.29) is 7.92 Å². The molecule has 0 nitrogen and oxygen atoms in total. The van der Waals surface area contributed by atoms with Crippen molar-refractivity contribution in [2.24, 2.45) is 0 Å². The normalized spacial score (nSPS) is 10.0. The molecule has 0 aromatic heterocycles. The summed E-state index contributed by atoms with van der Waals surface area (Å²) in [5.41, 5.74) is 0. The molecular formula is C14H15Cl2PPt. The molecule has 18 heavy (non-hydrogen) atoms. The van der Waals surface area contributed by atoms with E-state index in [0.29, 0.717) is 0 Å². The van der Waals surface area contributed by atoms with Crippen molar-refractivity contribution in [2.45, 2.75) is 6.92 Å². The van der Waals surface area contributed by atoms with Crippen LogP contribution in [0.25, 0.3) is 0 Å². The number of rotatable bonds is 3. The third-order valence-electron chi connectivity index (χ3n) is 2.45. The van der Waals surface area contributed by atoms with Gasteiger partial charge >= 0.3 is 35.3 Å². The Labute approximate surface area is 127 Å². The van der Waals surface area contributed by atoms with E-state index in [0.717, 1.165) is 0 Å². The van der Waals surface area contributed by atoms with Gasteiger partial charge in [-0.05, 0) is 24.7 Å². The van der Waals surface area contributed by atoms with Gasteiger partial charge in [0.15, 0.2) is 0 Å². The second-order valence-corrected chi connectivity index (χ2v) is 9.26. The van der Waals surface area contributed by atoms with Crippen molar-refractivity contribution in [3.63, 3.8) is 0 Å². The Kier molecular flexibility index (Phi) is 8.99. The Hall–Kier alpha value is 0.138. The molecule has 0 spiro atoms. The van der Waals surface area contributed by atoms with Crippen LogP contribution in [0.4, 0.5) is 0 Å². The summed E-state index contributed by atoms with van der Waals surface area (Å²) in [6, 6.07) is 21.6. The molecule has 0 saturated carbocycles. The average Bonchev–Trinajstić information content (AvgIpc) is 2.43. The summed E-state index contributed by atoms with van der Waals surface area (Å²) < 4.78 is 0. The number of halogens is 2. The molecule has 0 amide bonds. The zero-order valence-electron chi connectivity index (χ0n) is 10.00. The molecule has 0 fully saturated rings. The van der Waals surface area contributed by atoms with Crippen molar-refractivity contribution in [2.75, 3.05) is 6.16 Å². The van der Waals surface area contributed by atoms with Gasteiger partial charge in [0.2, 0.25) is 0 Å². The van der Waals surface area contributed by atoms with Gasteiger partial charge in [0.25, 0.3) is 0 Å². The minimum absolute atomic E-state index is 0.149. The molecule has 0 aliphatic rings. The molecular weight excluding hydrogens is 465 g/mol. The zero-order valence-corrected chi connectivity index (χ0v) is 14.7. The first-order valence-corrected chi connectivity index (χ1v) is 12.7. The van der Waals surface area contributed by atoms with Crippen molar-refractivity contribution in [1.82, 2.24) is 0 Å². The monoisotopic (exact) mass is 479 g/mol. The van der Waals surface area contributed by atoms with E-state index in [9.17, 15) is 0 Å². The molecule has 0 heterocycles. The first-order valence-electron chi connectivity index (χ1n) is 5.53. The molecule has 100 valence electrons. The van der Waals surface area contributed by atoms with Gasteiger partial charge in [-0.15, -0.1) is 0 Å². The number of hydrogen-bond acceptors (Lipinski definition) is 0. The van der Waals surface area contributed by atoms with Gasteiger partial charge in [-0.2, -0.15) is 0 Å². The predicted molar refractivity (Wildman–Crippen MR) is 81.3 cm³/mol. The number of hydrogen-bond donors (Lipinski definition) is 0. The molecule has 2 rings (SSSR count). The maximum atomic E-state index is 4.88. The summed E-state index contributed by atoms with van der Waals surface area (Å²) in [4.78, 5) is 0. The summed E-state index contributed by atoms with van der Waals surface area (Å²) in [7, 11) is 9.60. The molecule has 0 aliphatic carbocycles. The van der Waals surface area contributed by atoms with Crippen LogP contribution in [0.15, 0.2) is 60.7 Å². The molecule has 0 atom stereocenters. The molecule has 0 unspecified atom stereocenters. The molecule has 0 saturated heterocycles. The van der Waals surface area contributed by atoms with E-state index >= 15 is 0 Å². The van der Waals surface area contributed by atoms with Crippen LogP contribution in [0.1, 0.15) is 6.92 Å². The summed E-state index contributed by atoms with van der Waals surface area (Å²) in [6.07, 6.45) is 1.21. The summed E-state index contributed by atoms with van der Waals surface area (Å²) in [5.74, 6) is 0. The van der Waals surface area contributed by atoms with Gasteiger partial charge in [-0.25, -0.2) is 0 Å². The zero-order chi connectivity index (χ0) is 13.2. The molecule has 2 aromatic rings. The van der Waals surface area contributed by atoms with Crippen LogP contribution < -0.4 is 10.6 Å². The number of benzene rings is 2. The fourth-order valence-corrected chi connectivity index (χ4v) is 3.82. The van der Waals surface area contributed by atoms with Crippen molar-refractivity contribution >= 4 is 37.4 Å². The fraction of sp³-hybridized carbons (Fsp3) is 0.143. The van der Waals surface area contributed by atoms with Crippen molar-refractivity contribution in [3.8, 4) is 0 Å². The summed E-state index contributed by atoms with van der Waals surface area (Å²) >= 11 is -0.472. The van der Waals surface area contributed by atoms with Crippen LogP contribution in [-0.2, 0) is 16.5 Å². The van der Waals surface area contributed by atoms with E-state index in [4.69, 9.17) is 18.8 Å². The Morgan fingerprint density at radius 1 is 0.833 bits per heavy atom. The second kappa shape index (κ2) is 9.99. The fourth-order valence-electron chi connectivity index (χ4n) is 1.73. The first-order chi connectivity index (χ1) is 8.83. The van der Waals surface area contributed by atoms with Gasteiger partial charge in [-0.3, -0.25) is 0 Å². The van der Waals surface area contributed by atoms with Gasteiger partial charge in [-0.1, -0.05) is 67.6 Å². The Bertz CT molecular complexity index is 383. The van der Waals surface area contributed by atoms with E-state index < -0.39 is 16.5 Å². The quantitative estimate of drug-likeness (QED) is 0.568. The van der Waals surface area contributed by atoms with Crippen molar-refractivity contribution < 1.29 is 16.5 Å². The average molecular weight is 480 g/mol. The van der Waals surface area contributed by atoms with Crippen LogP contribution in [0, 0.1) is 0 Å². The second-order valence-electron chi connectivity index (χ2n) is 3.46. The van der Waals surface area contributed by atoms with E-state index in [1.165, 1.54) is 16.8 Å². The van der Waals surface area contributed by atoms with Gasteiger partial charge < -0.3 is 0 Å². The molecule has 0 aliphatic heterocycles. The molecule has 0 bridgehead atoms. The molecule has 0 radical (unpaired) electrons. The Morgan fingerprint density at radius 2 is 1.17 bits per heavy atom. The van der Waals surface area contributed by atoms with E-state index in [1.807, 2.05) is 0 Å². The van der Waals surface area contributed by atoms with Gasteiger partial charge in [0.05, 0.1) is 0 Å². The molecule has 4 heteroatoms. The SMILES string of the molecule is CCP(c1ccccc1)c1ccccc1.[Cl][Pt][Cl]. The van der Waals surface area contributed by atoms with Crippen LogP contribution in [-0.4, -0.2) is 6.16 Å². The minimum atomic E-state index is -0.472. The summed E-state index contributed by atoms with van der Waals surface area (Å²) in [6.45, 7) is 2.27. The van der Waals surface area contributed by atoms with Crippen LogP contribution in [0.5, 0.6) is 0 Å². The predicted octanol–water partition coefficient (Wildman–Crippen LogP) is 4.52. The van der Waals surface area contributed by atoms with Gasteiger partial charge in [0, 0.05) is 0 Å². The third-order valence-corrected chi connectivity index (χ3v) is 4.93. The van der Waals surface area contributed by atoms with Crippen LogP contribution in [0.2, 0.25) is 0 Å².